The van der Waals surface area contributed by atoms with Crippen molar-refractivity contribution in [1.29, 1.82) is 0 Å². The third-order valence-electron chi connectivity index (χ3n) is 2.49. The molecule has 0 bridgehead atoms. The quantitative estimate of drug-likeness (QED) is 0.897. The number of amides is 1. The maximum absolute atomic E-state index is 11.0. The van der Waals surface area contributed by atoms with Gasteiger partial charge < -0.3 is 10.2 Å². The Kier molecular flexibility index (Phi) is 3.75. The lowest BCUT2D eigenvalue weighted by atomic mass is 10.1. The second-order valence-corrected chi connectivity index (χ2v) is 6.06. The van der Waals surface area contributed by atoms with Crippen LogP contribution in [0, 0.1) is 0 Å². The lowest BCUT2D eigenvalue weighted by molar-refractivity contribution is -0.119. The molecule has 0 aromatic carbocycles. The lowest BCUT2D eigenvalue weighted by Crippen LogP contribution is -2.47. The van der Waals surface area contributed by atoms with Crippen molar-refractivity contribution in [3.8, 4) is 0 Å². The van der Waals surface area contributed by atoms with Gasteiger partial charge in [0.15, 0.2) is 3.92 Å². The smallest absolute Gasteiger partial charge is 0.217 e. The summed E-state index contributed by atoms with van der Waals surface area (Å²) in [5.74, 6) is 0.0327. The number of nitrogens with zero attached hydrogens (tertiary/aromatic N) is 3. The largest absolute Gasteiger partial charge is 0.352 e. The molecule has 1 N–H and O–H groups in total. The van der Waals surface area contributed by atoms with E-state index in [1.807, 2.05) is 0 Å². The highest BCUT2D eigenvalue weighted by atomic mass is 79.9. The second-order valence-electron chi connectivity index (χ2n) is 3.82. The van der Waals surface area contributed by atoms with Crippen LogP contribution >= 0.6 is 27.3 Å². The standard InChI is InChI=1S/C9H13BrN4OS/c1-6(15)11-7-3-2-4-14(5-7)9-13-12-8(10)16-9/h7H,2-5H2,1H3,(H,11,15). The third-order valence-corrected chi connectivity index (χ3v) is 3.91. The van der Waals surface area contributed by atoms with Crippen molar-refractivity contribution < 1.29 is 4.79 Å². The summed E-state index contributed by atoms with van der Waals surface area (Å²) in [5.41, 5.74) is 0. The van der Waals surface area contributed by atoms with Gasteiger partial charge in [-0.2, -0.15) is 0 Å². The highest BCUT2D eigenvalue weighted by molar-refractivity contribution is 9.11. The minimum atomic E-state index is 0.0327. The number of nitrogens with one attached hydrogen (secondary N) is 1. The van der Waals surface area contributed by atoms with Crippen LogP contribution in [0.3, 0.4) is 0 Å². The summed E-state index contributed by atoms with van der Waals surface area (Å²) >= 11 is 4.83. The molecule has 2 rings (SSSR count). The second kappa shape index (κ2) is 5.09. The van der Waals surface area contributed by atoms with E-state index in [1.165, 1.54) is 11.3 Å². The molecule has 1 aliphatic rings. The van der Waals surface area contributed by atoms with Crippen LogP contribution in [0.5, 0.6) is 0 Å². The molecule has 2 heterocycles. The molecule has 0 aliphatic carbocycles. The predicted molar refractivity (Wildman–Crippen MR) is 66.7 cm³/mol. The Bertz CT molecular complexity index is 383. The van der Waals surface area contributed by atoms with E-state index in [1.54, 1.807) is 6.92 Å². The van der Waals surface area contributed by atoms with Crippen LogP contribution in [0.15, 0.2) is 3.92 Å². The van der Waals surface area contributed by atoms with E-state index in [4.69, 9.17) is 0 Å². The summed E-state index contributed by atoms with van der Waals surface area (Å²) in [6, 6.07) is 0.230. The molecule has 1 aliphatic heterocycles. The number of carbonyl (C=O) groups excluding carboxylic acids is 1. The van der Waals surface area contributed by atoms with E-state index in [2.05, 4.69) is 36.3 Å². The molecule has 0 radical (unpaired) electrons. The summed E-state index contributed by atoms with van der Waals surface area (Å²) in [6.45, 7) is 3.36. The Hall–Kier alpha value is -0.690. The maximum Gasteiger partial charge on any atom is 0.217 e. The molecular formula is C9H13BrN4OS. The monoisotopic (exact) mass is 304 g/mol. The van der Waals surface area contributed by atoms with Crippen LogP contribution in [0.2, 0.25) is 0 Å². The molecule has 16 heavy (non-hydrogen) atoms. The average molecular weight is 305 g/mol. The van der Waals surface area contributed by atoms with Gasteiger partial charge in [0, 0.05) is 26.1 Å². The van der Waals surface area contributed by atoms with Gasteiger partial charge in [0.25, 0.3) is 0 Å². The number of hydrogen-bond acceptors (Lipinski definition) is 5. The van der Waals surface area contributed by atoms with Gasteiger partial charge in [0.1, 0.15) is 0 Å². The first-order valence-electron chi connectivity index (χ1n) is 5.16. The molecule has 88 valence electrons. The van der Waals surface area contributed by atoms with Crippen molar-refractivity contribution in [1.82, 2.24) is 15.5 Å². The SMILES string of the molecule is CC(=O)NC1CCCN(c2nnc(Br)s2)C1. The molecule has 7 heteroatoms. The molecule has 1 aromatic rings. The van der Waals surface area contributed by atoms with Crippen LogP contribution in [-0.2, 0) is 4.79 Å². The molecule has 1 atom stereocenters. The first-order chi connectivity index (χ1) is 7.65. The fourth-order valence-electron chi connectivity index (χ4n) is 1.88. The number of aromatic nitrogens is 2. The number of rotatable bonds is 2. The van der Waals surface area contributed by atoms with Crippen molar-refractivity contribution in [2.24, 2.45) is 0 Å². The molecule has 0 spiro atoms. The van der Waals surface area contributed by atoms with Crippen molar-refractivity contribution in [3.05, 3.63) is 3.92 Å². The van der Waals surface area contributed by atoms with E-state index < -0.39 is 0 Å². The fourth-order valence-corrected chi connectivity index (χ4v) is 3.00. The van der Waals surface area contributed by atoms with Crippen LogP contribution in [0.4, 0.5) is 5.13 Å². The molecule has 1 saturated heterocycles. The van der Waals surface area contributed by atoms with E-state index in [-0.39, 0.29) is 11.9 Å². The van der Waals surface area contributed by atoms with Gasteiger partial charge in [-0.05, 0) is 28.8 Å². The van der Waals surface area contributed by atoms with Gasteiger partial charge in [-0.1, -0.05) is 11.3 Å². The number of hydrogen-bond donors (Lipinski definition) is 1. The van der Waals surface area contributed by atoms with Crippen LogP contribution in [-0.4, -0.2) is 35.2 Å². The zero-order chi connectivity index (χ0) is 11.5. The van der Waals surface area contributed by atoms with E-state index >= 15 is 0 Å². The minimum absolute atomic E-state index is 0.0327. The minimum Gasteiger partial charge on any atom is -0.352 e. The molecular weight excluding hydrogens is 292 g/mol. The maximum atomic E-state index is 11.0. The van der Waals surface area contributed by atoms with Gasteiger partial charge in [-0.3, -0.25) is 4.79 Å². The Morgan fingerprint density at radius 2 is 2.44 bits per heavy atom. The molecule has 1 fully saturated rings. The van der Waals surface area contributed by atoms with Crippen molar-refractivity contribution >= 4 is 38.3 Å². The highest BCUT2D eigenvalue weighted by Crippen LogP contribution is 2.26. The molecule has 0 saturated carbocycles. The topological polar surface area (TPSA) is 58.1 Å². The molecule has 1 amide bonds. The molecule has 5 nitrogen and oxygen atoms in total. The van der Waals surface area contributed by atoms with Crippen LogP contribution < -0.4 is 10.2 Å². The number of anilines is 1. The lowest BCUT2D eigenvalue weighted by Gasteiger charge is -2.32. The molecule has 1 aromatic heterocycles. The Morgan fingerprint density at radius 3 is 3.06 bits per heavy atom. The molecule has 1 unspecified atom stereocenters. The van der Waals surface area contributed by atoms with E-state index in [9.17, 15) is 4.79 Å². The zero-order valence-electron chi connectivity index (χ0n) is 8.94. The first kappa shape index (κ1) is 11.8. The van der Waals surface area contributed by atoms with Crippen molar-refractivity contribution in [2.75, 3.05) is 18.0 Å². The Morgan fingerprint density at radius 1 is 1.62 bits per heavy atom. The fraction of sp³-hybridized carbons (Fsp3) is 0.667. The summed E-state index contributed by atoms with van der Waals surface area (Å²) in [6.07, 6.45) is 2.11. The summed E-state index contributed by atoms with van der Waals surface area (Å²) in [5, 5.41) is 11.9. The normalized spacial score (nSPS) is 20.9. The van der Waals surface area contributed by atoms with E-state index in [0.717, 1.165) is 35.0 Å². The van der Waals surface area contributed by atoms with Crippen molar-refractivity contribution in [3.63, 3.8) is 0 Å². The van der Waals surface area contributed by atoms with Gasteiger partial charge in [0.2, 0.25) is 11.0 Å². The predicted octanol–water partition coefficient (Wildman–Crippen LogP) is 1.41. The highest BCUT2D eigenvalue weighted by Gasteiger charge is 2.22. The first-order valence-corrected chi connectivity index (χ1v) is 6.77. The van der Waals surface area contributed by atoms with Gasteiger partial charge in [-0.25, -0.2) is 0 Å². The average Bonchev–Trinajstić information content (AvgIpc) is 2.64. The van der Waals surface area contributed by atoms with Gasteiger partial charge >= 0.3 is 0 Å². The Labute approximate surface area is 106 Å². The number of carbonyl (C=O) groups is 1. The number of halogens is 1. The van der Waals surface area contributed by atoms with Crippen molar-refractivity contribution in [2.45, 2.75) is 25.8 Å². The summed E-state index contributed by atoms with van der Waals surface area (Å²) < 4.78 is 0.796. The summed E-state index contributed by atoms with van der Waals surface area (Å²) in [4.78, 5) is 13.2. The third kappa shape index (κ3) is 2.91. The van der Waals surface area contributed by atoms with Gasteiger partial charge in [-0.15, -0.1) is 10.2 Å². The number of piperidine rings is 1. The summed E-state index contributed by atoms with van der Waals surface area (Å²) in [7, 11) is 0. The van der Waals surface area contributed by atoms with Crippen LogP contribution in [0.25, 0.3) is 0 Å². The van der Waals surface area contributed by atoms with Gasteiger partial charge in [0.05, 0.1) is 0 Å². The zero-order valence-corrected chi connectivity index (χ0v) is 11.3. The Balaban J connectivity index is 1.99. The van der Waals surface area contributed by atoms with Crippen LogP contribution in [0.1, 0.15) is 19.8 Å². The van der Waals surface area contributed by atoms with E-state index in [0.29, 0.717) is 0 Å².